The molecule has 2 rings (SSSR count). The number of nitrogens with two attached hydrogens (primary N) is 2. The van der Waals surface area contributed by atoms with Gasteiger partial charge in [-0.15, -0.1) is 0 Å². The smallest absolute Gasteiger partial charge is 0.168 e. The van der Waals surface area contributed by atoms with E-state index in [0.717, 1.165) is 11.3 Å². The first-order valence-corrected chi connectivity index (χ1v) is 5.11. The van der Waals surface area contributed by atoms with Crippen LogP contribution in [0.4, 0.5) is 23.0 Å². The lowest BCUT2D eigenvalue weighted by Gasteiger charge is -2.10. The molecule has 6 nitrogen and oxygen atoms in total. The van der Waals surface area contributed by atoms with Crippen LogP contribution in [0.2, 0.25) is 0 Å². The molecule has 1 aromatic carbocycles. The van der Waals surface area contributed by atoms with Crippen molar-refractivity contribution in [2.75, 3.05) is 16.5 Å². The Morgan fingerprint density at radius 3 is 2.65 bits per heavy atom. The molecule has 0 unspecified atom stereocenters. The molecule has 0 amide bonds. The Bertz CT molecular complexity index is 525. The number of nitrogen functional groups attached to an aromatic ring is 2. The summed E-state index contributed by atoms with van der Waals surface area (Å²) in [6.07, 6.45) is 1.39. The number of nitrogens with one attached hydrogen (secondary N) is 2. The predicted molar refractivity (Wildman–Crippen MR) is 68.7 cm³/mol. The van der Waals surface area contributed by atoms with Gasteiger partial charge < -0.3 is 16.5 Å². The second kappa shape index (κ2) is 4.67. The van der Waals surface area contributed by atoms with Gasteiger partial charge in [0.05, 0.1) is 0 Å². The van der Waals surface area contributed by atoms with Crippen molar-refractivity contribution in [1.29, 1.82) is 0 Å². The van der Waals surface area contributed by atoms with Gasteiger partial charge in [-0.3, -0.25) is 0 Å². The molecule has 0 aliphatic rings. The van der Waals surface area contributed by atoms with Crippen molar-refractivity contribution in [1.82, 2.24) is 9.97 Å². The molecule has 17 heavy (non-hydrogen) atoms. The maximum atomic E-state index is 5.85. The highest BCUT2D eigenvalue weighted by atomic mass is 15.3. The van der Waals surface area contributed by atoms with E-state index in [0.29, 0.717) is 17.3 Å². The Morgan fingerprint density at radius 2 is 1.94 bits per heavy atom. The average Bonchev–Trinajstić information content (AvgIpc) is 2.32. The van der Waals surface area contributed by atoms with E-state index in [-0.39, 0.29) is 0 Å². The Labute approximate surface area is 99.0 Å². The summed E-state index contributed by atoms with van der Waals surface area (Å²) in [5.74, 6) is 6.21. The van der Waals surface area contributed by atoms with Crippen LogP contribution in [0.1, 0.15) is 5.56 Å². The number of aromatic nitrogens is 2. The molecule has 1 heterocycles. The molecule has 0 bridgehead atoms. The van der Waals surface area contributed by atoms with Crippen LogP contribution in [0.5, 0.6) is 0 Å². The van der Waals surface area contributed by atoms with E-state index < -0.39 is 0 Å². The Kier molecular flexibility index (Phi) is 3.06. The van der Waals surface area contributed by atoms with Gasteiger partial charge >= 0.3 is 0 Å². The molecular formula is C11H14N6. The average molecular weight is 230 g/mol. The zero-order valence-electron chi connectivity index (χ0n) is 9.44. The number of aryl methyl sites for hydroxylation is 1. The lowest BCUT2D eigenvalue weighted by Crippen LogP contribution is -2.12. The van der Waals surface area contributed by atoms with Gasteiger partial charge in [-0.05, 0) is 24.6 Å². The van der Waals surface area contributed by atoms with Gasteiger partial charge in [-0.2, -0.15) is 0 Å². The van der Waals surface area contributed by atoms with Gasteiger partial charge in [-0.25, -0.2) is 15.8 Å². The van der Waals surface area contributed by atoms with Crippen molar-refractivity contribution >= 4 is 23.0 Å². The Balaban J connectivity index is 2.30. The number of hydrazine groups is 1. The van der Waals surface area contributed by atoms with E-state index in [2.05, 4.69) is 20.7 Å². The molecule has 0 fully saturated rings. The molecule has 6 heteroatoms. The molecule has 88 valence electrons. The number of hydrogen-bond acceptors (Lipinski definition) is 6. The fourth-order valence-electron chi connectivity index (χ4n) is 1.47. The van der Waals surface area contributed by atoms with Gasteiger partial charge in [0.2, 0.25) is 0 Å². The zero-order valence-corrected chi connectivity index (χ0v) is 9.44. The highest BCUT2D eigenvalue weighted by Gasteiger charge is 2.06. The Hall–Kier alpha value is -2.34. The van der Waals surface area contributed by atoms with Crippen molar-refractivity contribution < 1.29 is 0 Å². The third-order valence-corrected chi connectivity index (χ3v) is 2.30. The third-order valence-electron chi connectivity index (χ3n) is 2.30. The third kappa shape index (κ3) is 2.43. The quantitative estimate of drug-likeness (QED) is 0.469. The molecular weight excluding hydrogens is 216 g/mol. The summed E-state index contributed by atoms with van der Waals surface area (Å²) < 4.78 is 0. The predicted octanol–water partition coefficient (Wildman–Crippen LogP) is 1.40. The normalized spacial score (nSPS) is 10.0. The van der Waals surface area contributed by atoms with Gasteiger partial charge in [0.1, 0.15) is 12.0 Å². The van der Waals surface area contributed by atoms with Crippen molar-refractivity contribution in [2.45, 2.75) is 6.92 Å². The van der Waals surface area contributed by atoms with E-state index in [1.54, 1.807) is 0 Å². The van der Waals surface area contributed by atoms with Crippen LogP contribution >= 0.6 is 0 Å². The fourth-order valence-corrected chi connectivity index (χ4v) is 1.47. The van der Waals surface area contributed by atoms with Crippen molar-refractivity contribution in [2.24, 2.45) is 5.84 Å². The second-order valence-corrected chi connectivity index (χ2v) is 3.62. The van der Waals surface area contributed by atoms with Crippen molar-refractivity contribution in [3.8, 4) is 0 Å². The van der Waals surface area contributed by atoms with Gasteiger partial charge in [0, 0.05) is 5.69 Å². The maximum Gasteiger partial charge on any atom is 0.168 e. The van der Waals surface area contributed by atoms with Gasteiger partial charge in [-0.1, -0.05) is 12.1 Å². The van der Waals surface area contributed by atoms with Crippen molar-refractivity contribution in [3.05, 3.63) is 36.2 Å². The van der Waals surface area contributed by atoms with Crippen LogP contribution < -0.4 is 22.3 Å². The lowest BCUT2D eigenvalue weighted by atomic mass is 10.2. The number of rotatable bonds is 3. The zero-order chi connectivity index (χ0) is 12.3. The van der Waals surface area contributed by atoms with E-state index in [4.69, 9.17) is 11.6 Å². The molecule has 0 spiro atoms. The van der Waals surface area contributed by atoms with Gasteiger partial charge in [0.15, 0.2) is 11.6 Å². The summed E-state index contributed by atoms with van der Waals surface area (Å²) in [6, 6.07) is 7.90. The van der Waals surface area contributed by atoms with Crippen molar-refractivity contribution in [3.63, 3.8) is 0 Å². The van der Waals surface area contributed by atoms with Crippen LogP contribution in [-0.2, 0) is 0 Å². The Morgan fingerprint density at radius 1 is 1.18 bits per heavy atom. The first-order chi connectivity index (χ1) is 8.20. The highest BCUT2D eigenvalue weighted by Crippen LogP contribution is 2.25. The van der Waals surface area contributed by atoms with Crippen LogP contribution in [0, 0.1) is 6.92 Å². The van der Waals surface area contributed by atoms with Crippen LogP contribution in [0.25, 0.3) is 0 Å². The summed E-state index contributed by atoms with van der Waals surface area (Å²) in [5.41, 5.74) is 10.7. The van der Waals surface area contributed by atoms with Crippen LogP contribution in [-0.4, -0.2) is 9.97 Å². The summed E-state index contributed by atoms with van der Waals surface area (Å²) >= 11 is 0. The first-order valence-electron chi connectivity index (χ1n) is 5.11. The molecule has 0 aliphatic carbocycles. The largest absolute Gasteiger partial charge is 0.393 e. The fraction of sp³-hybridized carbons (Fsp3) is 0.0909. The van der Waals surface area contributed by atoms with E-state index in [1.807, 2.05) is 31.2 Å². The molecule has 0 aliphatic heterocycles. The first kappa shape index (κ1) is 11.2. The van der Waals surface area contributed by atoms with E-state index >= 15 is 0 Å². The van der Waals surface area contributed by atoms with E-state index in [9.17, 15) is 0 Å². The summed E-state index contributed by atoms with van der Waals surface area (Å²) in [6.45, 7) is 2.02. The monoisotopic (exact) mass is 230 g/mol. The number of anilines is 4. The van der Waals surface area contributed by atoms with Crippen LogP contribution in [0.3, 0.4) is 0 Å². The minimum Gasteiger partial charge on any atom is -0.393 e. The lowest BCUT2D eigenvalue weighted by molar-refractivity contribution is 1.14. The second-order valence-electron chi connectivity index (χ2n) is 3.62. The summed E-state index contributed by atoms with van der Waals surface area (Å²) in [4.78, 5) is 7.97. The maximum absolute atomic E-state index is 5.85. The SMILES string of the molecule is Cc1cccc(Nc2ncnc(NN)c2N)c1. The molecule has 0 saturated heterocycles. The summed E-state index contributed by atoms with van der Waals surface area (Å²) in [7, 11) is 0. The van der Waals surface area contributed by atoms with Gasteiger partial charge in [0.25, 0.3) is 0 Å². The molecule has 0 saturated carbocycles. The molecule has 0 atom stereocenters. The highest BCUT2D eigenvalue weighted by molar-refractivity contribution is 5.77. The minimum absolute atomic E-state index is 0.386. The standard InChI is InChI=1S/C11H14N6/c1-7-3-2-4-8(5-7)16-10-9(12)11(17-13)15-6-14-10/h2-6H,12-13H2,1H3,(H2,14,15,16,17). The molecule has 1 aromatic heterocycles. The minimum atomic E-state index is 0.386. The molecule has 6 N–H and O–H groups in total. The number of hydrogen-bond donors (Lipinski definition) is 4. The van der Waals surface area contributed by atoms with Crippen LogP contribution in [0.15, 0.2) is 30.6 Å². The molecule has 2 aromatic rings. The van der Waals surface area contributed by atoms with E-state index in [1.165, 1.54) is 6.33 Å². The number of nitrogens with zero attached hydrogens (tertiary/aromatic N) is 2. The molecule has 0 radical (unpaired) electrons. The number of benzene rings is 1. The topological polar surface area (TPSA) is 102 Å². The summed E-state index contributed by atoms with van der Waals surface area (Å²) in [5, 5.41) is 3.12.